The van der Waals surface area contributed by atoms with E-state index >= 15 is 0 Å². The fourth-order valence-electron chi connectivity index (χ4n) is 2.80. The lowest BCUT2D eigenvalue weighted by Crippen LogP contribution is -2.34. The smallest absolute Gasteiger partial charge is 0.246 e. The largest absolute Gasteiger partial charge is 0.310 e. The van der Waals surface area contributed by atoms with Crippen molar-refractivity contribution in [3.8, 4) is 0 Å². The summed E-state index contributed by atoms with van der Waals surface area (Å²) >= 11 is 0. The van der Waals surface area contributed by atoms with E-state index in [-0.39, 0.29) is 10.9 Å². The third kappa shape index (κ3) is 3.12. The number of hydrogen-bond donors (Lipinski definition) is 1. The number of rotatable bonds is 5. The minimum atomic E-state index is -3.72. The van der Waals surface area contributed by atoms with Gasteiger partial charge >= 0.3 is 0 Å². The van der Waals surface area contributed by atoms with Crippen molar-refractivity contribution in [3.05, 3.63) is 29.6 Å². The zero-order chi connectivity index (χ0) is 15.0. The number of sulfonamides is 1. The lowest BCUT2D eigenvalue weighted by atomic mass is 10.2. The van der Waals surface area contributed by atoms with Crippen molar-refractivity contribution in [2.75, 3.05) is 6.54 Å². The van der Waals surface area contributed by atoms with Crippen molar-refractivity contribution in [2.24, 2.45) is 0 Å². The second kappa shape index (κ2) is 5.66. The molecule has 1 saturated carbocycles. The number of nitrogens with zero attached hydrogens (tertiary/aromatic N) is 1. The van der Waals surface area contributed by atoms with E-state index < -0.39 is 15.8 Å². The van der Waals surface area contributed by atoms with Crippen molar-refractivity contribution in [3.63, 3.8) is 0 Å². The van der Waals surface area contributed by atoms with Crippen molar-refractivity contribution in [2.45, 2.75) is 56.1 Å². The Bertz CT molecular complexity index is 629. The molecule has 1 aromatic rings. The van der Waals surface area contributed by atoms with E-state index in [4.69, 9.17) is 0 Å². The summed E-state index contributed by atoms with van der Waals surface area (Å²) in [6, 6.07) is 4.93. The van der Waals surface area contributed by atoms with Gasteiger partial charge in [-0.25, -0.2) is 12.8 Å². The van der Waals surface area contributed by atoms with Crippen molar-refractivity contribution < 1.29 is 12.8 Å². The van der Waals surface area contributed by atoms with Crippen molar-refractivity contribution in [1.29, 1.82) is 0 Å². The van der Waals surface area contributed by atoms with E-state index in [0.29, 0.717) is 19.1 Å². The molecular formula is C15H21FN2O2S. The van der Waals surface area contributed by atoms with Crippen LogP contribution in [0.15, 0.2) is 23.1 Å². The molecule has 4 nitrogen and oxygen atoms in total. The fraction of sp³-hybridized carbons (Fsp3) is 0.600. The molecule has 1 N–H and O–H groups in total. The van der Waals surface area contributed by atoms with Gasteiger partial charge in [-0.05, 0) is 50.3 Å². The molecule has 6 heteroatoms. The lowest BCUT2D eigenvalue weighted by Gasteiger charge is -2.21. The number of halogens is 1. The monoisotopic (exact) mass is 312 g/mol. The molecule has 0 amide bonds. The fourth-order valence-corrected chi connectivity index (χ4v) is 4.55. The average Bonchev–Trinajstić information content (AvgIpc) is 3.16. The number of nitrogens with one attached hydrogen (secondary N) is 1. The van der Waals surface area contributed by atoms with Crippen molar-refractivity contribution >= 4 is 10.0 Å². The zero-order valence-corrected chi connectivity index (χ0v) is 13.0. The molecule has 21 heavy (non-hydrogen) atoms. The van der Waals surface area contributed by atoms with E-state index in [1.807, 2.05) is 6.92 Å². The normalized spacial score (nSPS) is 23.6. The molecule has 2 fully saturated rings. The first-order valence-electron chi connectivity index (χ1n) is 7.52. The maximum atomic E-state index is 14.2. The predicted molar refractivity (Wildman–Crippen MR) is 78.8 cm³/mol. The van der Waals surface area contributed by atoms with Gasteiger partial charge in [0.15, 0.2) is 0 Å². The van der Waals surface area contributed by atoms with Gasteiger partial charge in [0.2, 0.25) is 10.0 Å². The summed E-state index contributed by atoms with van der Waals surface area (Å²) in [7, 11) is -3.72. The lowest BCUT2D eigenvalue weighted by molar-refractivity contribution is 0.405. The van der Waals surface area contributed by atoms with Gasteiger partial charge in [-0.1, -0.05) is 6.07 Å². The number of benzene rings is 1. The molecule has 1 atom stereocenters. The summed E-state index contributed by atoms with van der Waals surface area (Å²) in [5.74, 6) is -0.649. The highest BCUT2D eigenvalue weighted by atomic mass is 32.2. The van der Waals surface area contributed by atoms with Gasteiger partial charge in [-0.15, -0.1) is 0 Å². The Labute approximate surface area is 125 Å². The first-order valence-corrected chi connectivity index (χ1v) is 8.96. The van der Waals surface area contributed by atoms with Crippen LogP contribution in [-0.2, 0) is 16.6 Å². The SMILES string of the molecule is CC1CCCN1S(=O)(=O)c1ccc(CNC2CC2)cc1F. The molecule has 0 aromatic heterocycles. The van der Waals surface area contributed by atoms with Crippen LogP contribution in [0, 0.1) is 5.82 Å². The van der Waals surface area contributed by atoms with Crippen LogP contribution in [0.25, 0.3) is 0 Å². The summed E-state index contributed by atoms with van der Waals surface area (Å²) in [6.07, 6.45) is 4.01. The van der Waals surface area contributed by atoms with Gasteiger partial charge in [0.25, 0.3) is 0 Å². The Morgan fingerprint density at radius 3 is 2.67 bits per heavy atom. The third-order valence-corrected chi connectivity index (χ3v) is 6.29. The molecule has 3 rings (SSSR count). The first-order chi connectivity index (χ1) is 9.98. The summed E-state index contributed by atoms with van der Waals surface area (Å²) in [5, 5.41) is 3.29. The van der Waals surface area contributed by atoms with E-state index in [2.05, 4.69) is 5.32 Å². The van der Waals surface area contributed by atoms with E-state index in [0.717, 1.165) is 18.4 Å². The molecule has 0 spiro atoms. The second-order valence-corrected chi connectivity index (χ2v) is 7.89. The molecule has 116 valence electrons. The maximum Gasteiger partial charge on any atom is 0.246 e. The topological polar surface area (TPSA) is 49.4 Å². The zero-order valence-electron chi connectivity index (χ0n) is 12.2. The van der Waals surface area contributed by atoms with E-state index in [1.54, 1.807) is 6.07 Å². The molecule has 1 aliphatic carbocycles. The Hall–Kier alpha value is -0.980. The predicted octanol–water partition coefficient (Wildman–Crippen LogP) is 2.25. The van der Waals surface area contributed by atoms with Crippen LogP contribution >= 0.6 is 0 Å². The summed E-state index contributed by atoms with van der Waals surface area (Å²) in [5.41, 5.74) is 0.785. The molecule has 1 aliphatic heterocycles. The van der Waals surface area contributed by atoms with Crippen LogP contribution in [0.3, 0.4) is 0 Å². The summed E-state index contributed by atoms with van der Waals surface area (Å²) in [4.78, 5) is -0.202. The molecule has 0 radical (unpaired) electrons. The Kier molecular flexibility index (Phi) is 4.03. The van der Waals surface area contributed by atoms with Crippen LogP contribution < -0.4 is 5.32 Å². The van der Waals surface area contributed by atoms with Gasteiger partial charge in [-0.3, -0.25) is 0 Å². The Morgan fingerprint density at radius 1 is 1.33 bits per heavy atom. The van der Waals surface area contributed by atoms with Crippen LogP contribution in [0.1, 0.15) is 38.2 Å². The standard InChI is InChI=1S/C15H21FN2O2S/c1-11-3-2-8-18(11)21(19,20)15-7-4-12(9-14(15)16)10-17-13-5-6-13/h4,7,9,11,13,17H,2-3,5-6,8,10H2,1H3. The minimum absolute atomic E-state index is 0.0504. The summed E-state index contributed by atoms with van der Waals surface area (Å²) in [6.45, 7) is 2.94. The minimum Gasteiger partial charge on any atom is -0.310 e. The maximum absolute atomic E-state index is 14.2. The van der Waals surface area contributed by atoms with Gasteiger partial charge < -0.3 is 5.32 Å². The first kappa shape index (κ1) is 14.9. The van der Waals surface area contributed by atoms with Gasteiger partial charge in [-0.2, -0.15) is 4.31 Å². The molecular weight excluding hydrogens is 291 g/mol. The molecule has 2 aliphatic rings. The van der Waals surface area contributed by atoms with Crippen LogP contribution in [0.2, 0.25) is 0 Å². The summed E-state index contributed by atoms with van der Waals surface area (Å²) < 4.78 is 40.7. The molecule has 1 aromatic carbocycles. The Morgan fingerprint density at radius 2 is 2.10 bits per heavy atom. The highest BCUT2D eigenvalue weighted by molar-refractivity contribution is 7.89. The van der Waals surface area contributed by atoms with Crippen LogP contribution in [-0.4, -0.2) is 31.4 Å². The van der Waals surface area contributed by atoms with Crippen LogP contribution in [0.5, 0.6) is 0 Å². The quantitative estimate of drug-likeness (QED) is 0.907. The van der Waals surface area contributed by atoms with E-state index in [9.17, 15) is 12.8 Å². The molecule has 1 heterocycles. The Balaban J connectivity index is 1.80. The van der Waals surface area contributed by atoms with Gasteiger partial charge in [0.05, 0.1) is 0 Å². The molecule has 1 unspecified atom stereocenters. The second-order valence-electron chi connectivity index (χ2n) is 6.03. The van der Waals surface area contributed by atoms with Gasteiger partial charge in [0.1, 0.15) is 10.7 Å². The van der Waals surface area contributed by atoms with E-state index in [1.165, 1.54) is 29.3 Å². The average molecular weight is 312 g/mol. The molecule has 0 bridgehead atoms. The highest BCUT2D eigenvalue weighted by Gasteiger charge is 2.34. The number of hydrogen-bond acceptors (Lipinski definition) is 3. The third-order valence-electron chi connectivity index (χ3n) is 4.25. The highest BCUT2D eigenvalue weighted by Crippen LogP contribution is 2.28. The van der Waals surface area contributed by atoms with Crippen molar-refractivity contribution in [1.82, 2.24) is 9.62 Å². The molecule has 1 saturated heterocycles. The van der Waals surface area contributed by atoms with Gasteiger partial charge in [0, 0.05) is 25.2 Å². The van der Waals surface area contributed by atoms with Crippen LogP contribution in [0.4, 0.5) is 4.39 Å².